The number of amides is 1. The summed E-state index contributed by atoms with van der Waals surface area (Å²) < 4.78 is 24.1. The number of aryl methyl sites for hydroxylation is 2. The van der Waals surface area contributed by atoms with Gasteiger partial charge in [0, 0.05) is 25.3 Å². The molecular weight excluding hydrogens is 288 g/mol. The third kappa shape index (κ3) is 2.70. The summed E-state index contributed by atoms with van der Waals surface area (Å²) in [5.74, 6) is -0.147. The smallest absolute Gasteiger partial charge is 0.232 e. The zero-order valence-electron chi connectivity index (χ0n) is 12.4. The summed E-state index contributed by atoms with van der Waals surface area (Å²) in [5, 5.41) is 0. The van der Waals surface area contributed by atoms with Gasteiger partial charge in [0.15, 0.2) is 0 Å². The minimum atomic E-state index is -3.17. The molecule has 0 unspecified atom stereocenters. The van der Waals surface area contributed by atoms with E-state index in [4.69, 9.17) is 0 Å². The van der Waals surface area contributed by atoms with Crippen molar-refractivity contribution in [3.63, 3.8) is 0 Å². The molecule has 2 heterocycles. The molecule has 0 atom stereocenters. The number of rotatable bonds is 2. The first-order valence-electron chi connectivity index (χ1n) is 7.22. The van der Waals surface area contributed by atoms with E-state index in [2.05, 4.69) is 13.0 Å². The molecule has 0 spiro atoms. The quantitative estimate of drug-likeness (QED) is 0.824. The molecule has 2 aliphatic heterocycles. The van der Waals surface area contributed by atoms with E-state index in [0.29, 0.717) is 13.1 Å². The van der Waals surface area contributed by atoms with Crippen LogP contribution in [0.3, 0.4) is 0 Å². The predicted octanol–water partition coefficient (Wildman–Crippen LogP) is 1.17. The molecule has 0 aliphatic carbocycles. The summed E-state index contributed by atoms with van der Waals surface area (Å²) in [7, 11) is -3.17. The van der Waals surface area contributed by atoms with Crippen LogP contribution < -0.4 is 4.90 Å². The maximum atomic E-state index is 12.6. The van der Waals surface area contributed by atoms with Crippen molar-refractivity contribution >= 4 is 21.6 Å². The Labute approximate surface area is 125 Å². The Bertz CT molecular complexity index is 678. The Hall–Kier alpha value is -1.40. The topological polar surface area (TPSA) is 57.7 Å². The van der Waals surface area contributed by atoms with E-state index in [1.807, 2.05) is 17.0 Å². The second-order valence-electron chi connectivity index (χ2n) is 6.00. The Morgan fingerprint density at radius 1 is 1.29 bits per heavy atom. The first-order chi connectivity index (χ1) is 9.86. The zero-order valence-corrected chi connectivity index (χ0v) is 13.2. The monoisotopic (exact) mass is 308 g/mol. The van der Waals surface area contributed by atoms with Crippen LogP contribution in [0.4, 0.5) is 5.69 Å². The van der Waals surface area contributed by atoms with E-state index in [-0.39, 0.29) is 11.8 Å². The number of hydrogen-bond acceptors (Lipinski definition) is 3. The summed E-state index contributed by atoms with van der Waals surface area (Å²) in [6.45, 7) is 3.41. The number of sulfonamides is 1. The summed E-state index contributed by atoms with van der Waals surface area (Å²) >= 11 is 0. The summed E-state index contributed by atoms with van der Waals surface area (Å²) in [6.07, 6.45) is 3.15. The zero-order chi connectivity index (χ0) is 15.2. The minimum Gasteiger partial charge on any atom is -0.312 e. The molecule has 5 nitrogen and oxygen atoms in total. The van der Waals surface area contributed by atoms with Gasteiger partial charge in [0.05, 0.1) is 12.2 Å². The van der Waals surface area contributed by atoms with Crippen LogP contribution in [0.5, 0.6) is 0 Å². The summed E-state index contributed by atoms with van der Waals surface area (Å²) in [5.41, 5.74) is 3.42. The van der Waals surface area contributed by atoms with Crippen LogP contribution in [0.25, 0.3) is 0 Å². The average molecular weight is 308 g/mol. The van der Waals surface area contributed by atoms with Crippen LogP contribution >= 0.6 is 0 Å². The lowest BCUT2D eigenvalue weighted by atomic mass is 9.96. The number of benzene rings is 1. The van der Waals surface area contributed by atoms with Crippen molar-refractivity contribution in [2.45, 2.75) is 19.8 Å². The molecule has 0 bridgehead atoms. The molecule has 1 aromatic carbocycles. The molecule has 0 saturated carbocycles. The van der Waals surface area contributed by atoms with Crippen LogP contribution in [0.1, 0.15) is 17.5 Å². The third-order valence-corrected chi connectivity index (χ3v) is 5.52. The van der Waals surface area contributed by atoms with Crippen LogP contribution in [0.15, 0.2) is 18.2 Å². The van der Waals surface area contributed by atoms with Gasteiger partial charge in [0.25, 0.3) is 0 Å². The molecule has 2 aliphatic rings. The Balaban J connectivity index is 1.76. The number of nitrogens with zero attached hydrogens (tertiary/aromatic N) is 2. The van der Waals surface area contributed by atoms with Crippen molar-refractivity contribution in [3.05, 3.63) is 29.3 Å². The van der Waals surface area contributed by atoms with Gasteiger partial charge in [-0.3, -0.25) is 4.79 Å². The molecule has 0 N–H and O–H groups in total. The van der Waals surface area contributed by atoms with Gasteiger partial charge in [-0.05, 0) is 31.4 Å². The summed E-state index contributed by atoms with van der Waals surface area (Å²) in [4.78, 5) is 14.4. The van der Waals surface area contributed by atoms with E-state index in [1.54, 1.807) is 0 Å². The molecule has 1 amide bonds. The fourth-order valence-corrected chi connectivity index (χ4v) is 3.94. The molecule has 0 aromatic heterocycles. The average Bonchev–Trinajstić information content (AvgIpc) is 2.33. The third-order valence-electron chi connectivity index (χ3n) is 4.29. The largest absolute Gasteiger partial charge is 0.312 e. The van der Waals surface area contributed by atoms with Crippen LogP contribution in [0.2, 0.25) is 0 Å². The maximum absolute atomic E-state index is 12.6. The molecule has 0 radical (unpaired) electrons. The molecule has 21 heavy (non-hydrogen) atoms. The number of anilines is 1. The Morgan fingerprint density at radius 2 is 2.00 bits per heavy atom. The van der Waals surface area contributed by atoms with Crippen molar-refractivity contribution < 1.29 is 13.2 Å². The molecular formula is C15H20N2O3S. The predicted molar refractivity (Wildman–Crippen MR) is 81.8 cm³/mol. The molecule has 114 valence electrons. The Kier molecular flexibility index (Phi) is 3.53. The fourth-order valence-electron chi connectivity index (χ4n) is 3.04. The van der Waals surface area contributed by atoms with E-state index in [1.165, 1.54) is 21.7 Å². The van der Waals surface area contributed by atoms with Gasteiger partial charge >= 0.3 is 0 Å². The second-order valence-corrected chi connectivity index (χ2v) is 7.98. The van der Waals surface area contributed by atoms with Crippen molar-refractivity contribution in [1.82, 2.24) is 4.31 Å². The van der Waals surface area contributed by atoms with Crippen molar-refractivity contribution in [2.24, 2.45) is 5.92 Å². The van der Waals surface area contributed by atoms with Crippen molar-refractivity contribution in [3.8, 4) is 0 Å². The number of fused-ring (bicyclic) bond motifs is 1. The fraction of sp³-hybridized carbons (Fsp3) is 0.533. The minimum absolute atomic E-state index is 0.0553. The highest BCUT2D eigenvalue weighted by atomic mass is 32.2. The van der Waals surface area contributed by atoms with Crippen LogP contribution in [-0.4, -0.2) is 44.5 Å². The SMILES string of the molecule is Cc1ccc2c(c1)CCCN2C(=O)C1CN(S(C)(=O)=O)C1. The van der Waals surface area contributed by atoms with Crippen molar-refractivity contribution in [2.75, 3.05) is 30.8 Å². The number of carbonyl (C=O) groups excluding carboxylic acids is 1. The lowest BCUT2D eigenvalue weighted by Crippen LogP contribution is -2.56. The lowest BCUT2D eigenvalue weighted by molar-refractivity contribution is -0.125. The molecule has 3 rings (SSSR count). The highest BCUT2D eigenvalue weighted by Crippen LogP contribution is 2.31. The molecule has 1 saturated heterocycles. The Morgan fingerprint density at radius 3 is 2.67 bits per heavy atom. The standard InChI is InChI=1S/C15H20N2O3S/c1-11-5-6-14-12(8-11)4-3-7-17(14)15(18)13-9-16(10-13)21(2,19)20/h5-6,8,13H,3-4,7,9-10H2,1-2H3. The maximum Gasteiger partial charge on any atom is 0.232 e. The number of carbonyl (C=O) groups is 1. The highest BCUT2D eigenvalue weighted by molar-refractivity contribution is 7.88. The van der Waals surface area contributed by atoms with Gasteiger partial charge in [-0.25, -0.2) is 12.7 Å². The van der Waals surface area contributed by atoms with E-state index in [9.17, 15) is 13.2 Å². The normalized spacial score (nSPS) is 20.0. The van der Waals surface area contributed by atoms with Crippen LogP contribution in [-0.2, 0) is 21.2 Å². The van der Waals surface area contributed by atoms with Gasteiger partial charge in [-0.15, -0.1) is 0 Å². The van der Waals surface area contributed by atoms with Gasteiger partial charge in [-0.2, -0.15) is 0 Å². The molecule has 1 aromatic rings. The summed E-state index contributed by atoms with van der Waals surface area (Å²) in [6, 6.07) is 6.17. The first-order valence-corrected chi connectivity index (χ1v) is 9.07. The van der Waals surface area contributed by atoms with E-state index < -0.39 is 10.0 Å². The van der Waals surface area contributed by atoms with E-state index in [0.717, 1.165) is 25.1 Å². The first kappa shape index (κ1) is 14.5. The molecule has 6 heteroatoms. The van der Waals surface area contributed by atoms with Gasteiger partial charge in [-0.1, -0.05) is 17.7 Å². The van der Waals surface area contributed by atoms with E-state index >= 15 is 0 Å². The van der Waals surface area contributed by atoms with Crippen LogP contribution in [0, 0.1) is 12.8 Å². The van der Waals surface area contributed by atoms with Gasteiger partial charge < -0.3 is 4.90 Å². The lowest BCUT2D eigenvalue weighted by Gasteiger charge is -2.40. The second kappa shape index (κ2) is 5.10. The highest BCUT2D eigenvalue weighted by Gasteiger charge is 2.40. The van der Waals surface area contributed by atoms with Crippen molar-refractivity contribution in [1.29, 1.82) is 0 Å². The van der Waals surface area contributed by atoms with Gasteiger partial charge in [0.1, 0.15) is 0 Å². The van der Waals surface area contributed by atoms with Gasteiger partial charge in [0.2, 0.25) is 15.9 Å². The number of hydrogen-bond donors (Lipinski definition) is 0. The molecule has 1 fully saturated rings.